The maximum absolute atomic E-state index is 13.1. The Morgan fingerprint density at radius 2 is 1.81 bits per heavy atom. The predicted octanol–water partition coefficient (Wildman–Crippen LogP) is 1.72. The van der Waals surface area contributed by atoms with Gasteiger partial charge in [0.1, 0.15) is 6.04 Å². The van der Waals surface area contributed by atoms with Gasteiger partial charge in [0.05, 0.1) is 12.1 Å². The Morgan fingerprint density at radius 1 is 1.06 bits per heavy atom. The first-order valence-corrected chi connectivity index (χ1v) is 9.46. The fourth-order valence-electron chi connectivity index (χ4n) is 3.52. The smallest absolute Gasteiger partial charge is 0.328 e. The van der Waals surface area contributed by atoms with Crippen molar-refractivity contribution < 1.29 is 33.8 Å². The standard InChI is InChI=1S/C22H18N2O7/c25-19(8-9-21(27)28)23(12-14-6-7-17-18(10-14)31-13-30-17)16-11-20(26)24(22(16)29)15-4-2-1-3-5-15/h1-10,16H,11-13H2,(H,27,28)/b9-8+/t16-/m1/s1. The molecule has 0 unspecified atom stereocenters. The molecule has 9 nitrogen and oxygen atoms in total. The summed E-state index contributed by atoms with van der Waals surface area (Å²) in [4.78, 5) is 51.6. The van der Waals surface area contributed by atoms with Gasteiger partial charge in [-0.2, -0.15) is 0 Å². The highest BCUT2D eigenvalue weighted by Crippen LogP contribution is 2.33. The third-order valence-corrected chi connectivity index (χ3v) is 4.95. The largest absolute Gasteiger partial charge is 0.478 e. The normalized spacial score (nSPS) is 17.4. The molecule has 3 amide bonds. The van der Waals surface area contributed by atoms with Gasteiger partial charge in [-0.25, -0.2) is 9.69 Å². The summed E-state index contributed by atoms with van der Waals surface area (Å²) in [6, 6.07) is 12.4. The maximum atomic E-state index is 13.1. The van der Waals surface area contributed by atoms with E-state index in [-0.39, 0.29) is 19.8 Å². The van der Waals surface area contributed by atoms with Gasteiger partial charge >= 0.3 is 5.97 Å². The van der Waals surface area contributed by atoms with Gasteiger partial charge in [0.15, 0.2) is 11.5 Å². The van der Waals surface area contributed by atoms with E-state index >= 15 is 0 Å². The molecular formula is C22H18N2O7. The summed E-state index contributed by atoms with van der Waals surface area (Å²) in [7, 11) is 0. The maximum Gasteiger partial charge on any atom is 0.328 e. The number of para-hydroxylation sites is 1. The van der Waals surface area contributed by atoms with Gasteiger partial charge in [0.25, 0.3) is 5.91 Å². The second-order valence-electron chi connectivity index (χ2n) is 6.95. The molecule has 4 rings (SSSR count). The number of hydrogen-bond acceptors (Lipinski definition) is 6. The van der Waals surface area contributed by atoms with Crippen molar-refractivity contribution in [2.24, 2.45) is 0 Å². The van der Waals surface area contributed by atoms with E-state index in [4.69, 9.17) is 14.6 Å². The number of carbonyl (C=O) groups is 4. The summed E-state index contributed by atoms with van der Waals surface area (Å²) >= 11 is 0. The van der Waals surface area contributed by atoms with Crippen LogP contribution in [0.25, 0.3) is 0 Å². The van der Waals surface area contributed by atoms with Crippen molar-refractivity contribution in [1.82, 2.24) is 4.90 Å². The number of imide groups is 1. The van der Waals surface area contributed by atoms with Crippen LogP contribution in [-0.4, -0.2) is 46.5 Å². The van der Waals surface area contributed by atoms with Crippen LogP contribution in [0, 0.1) is 0 Å². The minimum atomic E-state index is -1.30. The Labute approximate surface area is 177 Å². The van der Waals surface area contributed by atoms with Crippen LogP contribution in [0.1, 0.15) is 12.0 Å². The number of carboxylic acid groups (broad SMARTS) is 1. The summed E-state index contributed by atoms with van der Waals surface area (Å²) in [5.74, 6) is -1.90. The zero-order valence-corrected chi connectivity index (χ0v) is 16.3. The second-order valence-corrected chi connectivity index (χ2v) is 6.95. The van der Waals surface area contributed by atoms with Crippen LogP contribution in [-0.2, 0) is 25.7 Å². The van der Waals surface area contributed by atoms with Gasteiger partial charge in [-0.05, 0) is 29.8 Å². The topological polar surface area (TPSA) is 113 Å². The number of ether oxygens (including phenoxy) is 2. The molecule has 0 spiro atoms. The highest BCUT2D eigenvalue weighted by atomic mass is 16.7. The molecule has 9 heteroatoms. The van der Waals surface area contributed by atoms with Gasteiger partial charge in [0.2, 0.25) is 18.6 Å². The van der Waals surface area contributed by atoms with E-state index in [2.05, 4.69) is 0 Å². The fourth-order valence-corrected chi connectivity index (χ4v) is 3.52. The third kappa shape index (κ3) is 4.11. The molecular weight excluding hydrogens is 404 g/mol. The predicted molar refractivity (Wildman–Crippen MR) is 107 cm³/mol. The van der Waals surface area contributed by atoms with E-state index in [9.17, 15) is 19.2 Å². The molecule has 0 radical (unpaired) electrons. The number of benzene rings is 2. The number of rotatable bonds is 6. The Balaban J connectivity index is 1.64. The zero-order chi connectivity index (χ0) is 22.0. The van der Waals surface area contributed by atoms with Crippen molar-refractivity contribution in [1.29, 1.82) is 0 Å². The molecule has 0 bridgehead atoms. The average molecular weight is 422 g/mol. The van der Waals surface area contributed by atoms with Gasteiger partial charge < -0.3 is 19.5 Å². The number of carbonyl (C=O) groups excluding carboxylic acids is 3. The zero-order valence-electron chi connectivity index (χ0n) is 16.3. The SMILES string of the molecule is O=C(O)/C=C/C(=O)N(Cc1ccc2c(c1)OCO2)[C@@H]1CC(=O)N(c2ccccc2)C1=O. The number of aliphatic carboxylic acids is 1. The first-order valence-electron chi connectivity index (χ1n) is 9.46. The lowest BCUT2D eigenvalue weighted by molar-refractivity contribution is -0.135. The highest BCUT2D eigenvalue weighted by molar-refractivity contribution is 6.23. The van der Waals surface area contributed by atoms with Crippen LogP contribution < -0.4 is 14.4 Å². The summed E-state index contributed by atoms with van der Waals surface area (Å²) in [5.41, 5.74) is 1.05. The Hall–Kier alpha value is -4.14. The number of nitrogens with zero attached hydrogens (tertiary/aromatic N) is 2. The van der Waals surface area contributed by atoms with Crippen LogP contribution in [0.2, 0.25) is 0 Å². The number of anilines is 1. The molecule has 1 saturated heterocycles. The summed E-state index contributed by atoms with van der Waals surface area (Å²) in [5, 5.41) is 8.87. The Kier molecular flexibility index (Phi) is 5.40. The molecule has 2 aliphatic heterocycles. The third-order valence-electron chi connectivity index (χ3n) is 4.95. The van der Waals surface area contributed by atoms with Crippen molar-refractivity contribution in [2.45, 2.75) is 19.0 Å². The van der Waals surface area contributed by atoms with E-state index in [1.165, 1.54) is 4.90 Å². The van der Waals surface area contributed by atoms with Gasteiger partial charge in [-0.15, -0.1) is 0 Å². The molecule has 1 fully saturated rings. The lowest BCUT2D eigenvalue weighted by Crippen LogP contribution is -2.44. The average Bonchev–Trinajstić information content (AvgIpc) is 3.34. The molecule has 0 saturated carbocycles. The fraction of sp³-hybridized carbons (Fsp3) is 0.182. The number of hydrogen-bond donors (Lipinski definition) is 1. The first kappa shape index (κ1) is 20.1. The highest BCUT2D eigenvalue weighted by Gasteiger charge is 2.44. The lowest BCUT2D eigenvalue weighted by Gasteiger charge is -2.26. The van der Waals surface area contributed by atoms with Gasteiger partial charge in [0, 0.05) is 18.7 Å². The minimum Gasteiger partial charge on any atom is -0.478 e. The minimum absolute atomic E-state index is 0.0221. The molecule has 31 heavy (non-hydrogen) atoms. The van der Waals surface area contributed by atoms with Crippen LogP contribution in [0.15, 0.2) is 60.7 Å². The molecule has 0 aromatic heterocycles. The lowest BCUT2D eigenvalue weighted by atomic mass is 10.1. The quantitative estimate of drug-likeness (QED) is 0.557. The van der Waals surface area contributed by atoms with Gasteiger partial charge in [-0.3, -0.25) is 14.4 Å². The molecule has 2 aromatic carbocycles. The van der Waals surface area contributed by atoms with Crippen LogP contribution in [0.3, 0.4) is 0 Å². The van der Waals surface area contributed by atoms with E-state index in [0.29, 0.717) is 28.8 Å². The van der Waals surface area contributed by atoms with Crippen LogP contribution in [0.5, 0.6) is 11.5 Å². The van der Waals surface area contributed by atoms with Crippen molar-refractivity contribution in [3.05, 3.63) is 66.2 Å². The number of carboxylic acids is 1. The molecule has 2 aliphatic rings. The van der Waals surface area contributed by atoms with Crippen molar-refractivity contribution in [2.75, 3.05) is 11.7 Å². The van der Waals surface area contributed by atoms with Crippen LogP contribution in [0.4, 0.5) is 5.69 Å². The Bertz CT molecular complexity index is 1080. The summed E-state index contributed by atoms with van der Waals surface area (Å²) in [6.07, 6.45) is 1.37. The summed E-state index contributed by atoms with van der Waals surface area (Å²) < 4.78 is 10.6. The molecule has 0 aliphatic carbocycles. The van der Waals surface area contributed by atoms with E-state index in [1.54, 1.807) is 48.5 Å². The van der Waals surface area contributed by atoms with E-state index < -0.39 is 29.7 Å². The van der Waals surface area contributed by atoms with E-state index in [0.717, 1.165) is 11.0 Å². The monoisotopic (exact) mass is 422 g/mol. The molecule has 1 N–H and O–H groups in total. The van der Waals surface area contributed by atoms with Crippen molar-refractivity contribution >= 4 is 29.4 Å². The molecule has 158 valence electrons. The first-order chi connectivity index (χ1) is 14.9. The number of fused-ring (bicyclic) bond motifs is 1. The summed E-state index contributed by atoms with van der Waals surface area (Å²) in [6.45, 7) is 0.0657. The second kappa shape index (κ2) is 8.31. The molecule has 1 atom stereocenters. The molecule has 2 heterocycles. The number of amides is 3. The van der Waals surface area contributed by atoms with Crippen molar-refractivity contribution in [3.8, 4) is 11.5 Å². The Morgan fingerprint density at radius 3 is 2.55 bits per heavy atom. The van der Waals surface area contributed by atoms with Gasteiger partial charge in [-0.1, -0.05) is 24.3 Å². The molecule has 2 aromatic rings. The van der Waals surface area contributed by atoms with E-state index in [1.807, 2.05) is 0 Å². The van der Waals surface area contributed by atoms with Crippen LogP contribution >= 0.6 is 0 Å². The van der Waals surface area contributed by atoms with Crippen molar-refractivity contribution in [3.63, 3.8) is 0 Å².